The number of nitrogens with zero attached hydrogens (tertiary/aromatic N) is 3. The van der Waals surface area contributed by atoms with Crippen molar-refractivity contribution in [3.8, 4) is 0 Å². The molecule has 1 atom stereocenters. The zero-order chi connectivity index (χ0) is 13.5. The van der Waals surface area contributed by atoms with E-state index in [1.54, 1.807) is 0 Å². The molecule has 0 saturated heterocycles. The maximum absolute atomic E-state index is 4.63. The fraction of sp³-hybridized carbons (Fsp3) is 0.786. The standard InChI is InChI=1S/C14H28N4/c1-6-14(7-2)18-9-8-13(16-18)11-15-10-12(3)17(4)5/h8-9,12,14-15H,6-7,10-11H2,1-5H3. The predicted octanol–water partition coefficient (Wildman–Crippen LogP) is 2.28. The Balaban J connectivity index is 2.40. The van der Waals surface area contributed by atoms with Crippen LogP contribution in [0.4, 0.5) is 0 Å². The molecular weight excluding hydrogens is 224 g/mol. The van der Waals surface area contributed by atoms with Crippen molar-refractivity contribution in [3.05, 3.63) is 18.0 Å². The molecule has 1 rings (SSSR count). The van der Waals surface area contributed by atoms with Crippen LogP contribution in [0.3, 0.4) is 0 Å². The first kappa shape index (κ1) is 15.2. The minimum atomic E-state index is 0.541. The molecule has 0 bridgehead atoms. The van der Waals surface area contributed by atoms with Crippen LogP contribution in [0.1, 0.15) is 45.3 Å². The topological polar surface area (TPSA) is 33.1 Å². The molecule has 104 valence electrons. The minimum Gasteiger partial charge on any atom is -0.310 e. The molecule has 18 heavy (non-hydrogen) atoms. The van der Waals surface area contributed by atoms with Gasteiger partial charge in [0, 0.05) is 25.3 Å². The highest BCUT2D eigenvalue weighted by Gasteiger charge is 2.08. The van der Waals surface area contributed by atoms with Crippen molar-refractivity contribution in [2.24, 2.45) is 0 Å². The molecule has 0 aliphatic carbocycles. The Kier molecular flexibility index (Phi) is 6.36. The number of hydrogen-bond donors (Lipinski definition) is 1. The normalized spacial score (nSPS) is 13.5. The van der Waals surface area contributed by atoms with E-state index in [-0.39, 0.29) is 0 Å². The van der Waals surface area contributed by atoms with Gasteiger partial charge in [-0.25, -0.2) is 0 Å². The summed E-state index contributed by atoms with van der Waals surface area (Å²) in [7, 11) is 4.21. The third-order valence-electron chi connectivity index (χ3n) is 3.61. The van der Waals surface area contributed by atoms with E-state index in [4.69, 9.17) is 0 Å². The molecular formula is C14H28N4. The first-order chi connectivity index (χ1) is 8.58. The lowest BCUT2D eigenvalue weighted by atomic mass is 10.2. The van der Waals surface area contributed by atoms with Gasteiger partial charge in [-0.3, -0.25) is 4.68 Å². The van der Waals surface area contributed by atoms with Crippen LogP contribution < -0.4 is 5.32 Å². The number of rotatable bonds is 8. The van der Waals surface area contributed by atoms with Crippen molar-refractivity contribution in [3.63, 3.8) is 0 Å². The van der Waals surface area contributed by atoms with Gasteiger partial charge in [0.2, 0.25) is 0 Å². The zero-order valence-corrected chi connectivity index (χ0v) is 12.5. The molecule has 0 radical (unpaired) electrons. The van der Waals surface area contributed by atoms with Crippen molar-refractivity contribution in [1.29, 1.82) is 0 Å². The van der Waals surface area contributed by atoms with E-state index in [9.17, 15) is 0 Å². The Labute approximate surface area is 111 Å². The molecule has 0 aliphatic rings. The van der Waals surface area contributed by atoms with E-state index in [0.717, 1.165) is 31.6 Å². The lowest BCUT2D eigenvalue weighted by Gasteiger charge is -2.19. The highest BCUT2D eigenvalue weighted by atomic mass is 15.3. The van der Waals surface area contributed by atoms with Crippen LogP contribution in [-0.4, -0.2) is 41.4 Å². The maximum Gasteiger partial charge on any atom is 0.0762 e. The van der Waals surface area contributed by atoms with Crippen LogP contribution in [0, 0.1) is 0 Å². The first-order valence-electron chi connectivity index (χ1n) is 6.99. The molecule has 0 fully saturated rings. The monoisotopic (exact) mass is 252 g/mol. The van der Waals surface area contributed by atoms with Crippen LogP contribution in [0.25, 0.3) is 0 Å². The number of aromatic nitrogens is 2. The zero-order valence-electron chi connectivity index (χ0n) is 12.5. The largest absolute Gasteiger partial charge is 0.310 e. The van der Waals surface area contributed by atoms with Crippen molar-refractivity contribution in [2.75, 3.05) is 20.6 Å². The van der Waals surface area contributed by atoms with Crippen molar-refractivity contribution in [2.45, 2.75) is 52.2 Å². The molecule has 1 aromatic rings. The predicted molar refractivity (Wildman–Crippen MR) is 76.7 cm³/mol. The van der Waals surface area contributed by atoms with Gasteiger partial charge in [0.15, 0.2) is 0 Å². The van der Waals surface area contributed by atoms with Crippen molar-refractivity contribution >= 4 is 0 Å². The molecule has 1 N–H and O–H groups in total. The molecule has 0 amide bonds. The molecule has 4 nitrogen and oxygen atoms in total. The summed E-state index contributed by atoms with van der Waals surface area (Å²) < 4.78 is 2.10. The summed E-state index contributed by atoms with van der Waals surface area (Å²) in [6, 6.07) is 3.21. The molecule has 4 heteroatoms. The second kappa shape index (κ2) is 7.54. The summed E-state index contributed by atoms with van der Waals surface area (Å²) in [5, 5.41) is 8.09. The SMILES string of the molecule is CCC(CC)n1ccc(CNCC(C)N(C)C)n1. The second-order valence-electron chi connectivity index (χ2n) is 5.20. The van der Waals surface area contributed by atoms with Gasteiger partial charge in [0.25, 0.3) is 0 Å². The molecule has 1 aromatic heterocycles. The third-order valence-corrected chi connectivity index (χ3v) is 3.61. The fourth-order valence-corrected chi connectivity index (χ4v) is 1.93. The van der Waals surface area contributed by atoms with E-state index in [1.165, 1.54) is 0 Å². The number of likely N-dealkylation sites (N-methyl/N-ethyl adjacent to an activating group) is 1. The summed E-state index contributed by atoms with van der Waals surface area (Å²) in [6.07, 6.45) is 4.38. The Morgan fingerprint density at radius 1 is 1.33 bits per heavy atom. The summed E-state index contributed by atoms with van der Waals surface area (Å²) in [4.78, 5) is 2.22. The second-order valence-corrected chi connectivity index (χ2v) is 5.20. The van der Waals surface area contributed by atoms with E-state index in [0.29, 0.717) is 12.1 Å². The minimum absolute atomic E-state index is 0.541. The lowest BCUT2D eigenvalue weighted by Crippen LogP contribution is -2.35. The Bertz CT molecular complexity index is 328. The van der Waals surface area contributed by atoms with Gasteiger partial charge in [-0.05, 0) is 39.9 Å². The molecule has 0 aromatic carbocycles. The van der Waals surface area contributed by atoms with Crippen molar-refractivity contribution < 1.29 is 0 Å². The molecule has 0 saturated carbocycles. The van der Waals surface area contributed by atoms with Crippen LogP contribution >= 0.6 is 0 Å². The number of nitrogens with one attached hydrogen (secondary N) is 1. The summed E-state index contributed by atoms with van der Waals surface area (Å²) in [5.74, 6) is 0. The van der Waals surface area contributed by atoms with Gasteiger partial charge < -0.3 is 10.2 Å². The quantitative estimate of drug-likeness (QED) is 0.770. The van der Waals surface area contributed by atoms with Crippen molar-refractivity contribution in [1.82, 2.24) is 20.0 Å². The number of hydrogen-bond acceptors (Lipinski definition) is 3. The molecule has 0 spiro atoms. The average Bonchev–Trinajstić information content (AvgIpc) is 2.79. The van der Waals surface area contributed by atoms with Gasteiger partial charge in [0.05, 0.1) is 11.7 Å². The Morgan fingerprint density at radius 2 is 2.00 bits per heavy atom. The van der Waals surface area contributed by atoms with Crippen LogP contribution in [0.2, 0.25) is 0 Å². The molecule has 1 heterocycles. The van der Waals surface area contributed by atoms with Gasteiger partial charge in [-0.2, -0.15) is 5.10 Å². The van der Waals surface area contributed by atoms with E-state index >= 15 is 0 Å². The third kappa shape index (κ3) is 4.42. The highest BCUT2D eigenvalue weighted by Crippen LogP contribution is 2.14. The van der Waals surface area contributed by atoms with Crippen LogP contribution in [0.5, 0.6) is 0 Å². The van der Waals surface area contributed by atoms with Gasteiger partial charge >= 0.3 is 0 Å². The average molecular weight is 252 g/mol. The van der Waals surface area contributed by atoms with E-state index in [2.05, 4.69) is 67.1 Å². The maximum atomic E-state index is 4.63. The Hall–Kier alpha value is -0.870. The van der Waals surface area contributed by atoms with Gasteiger partial charge in [0.1, 0.15) is 0 Å². The lowest BCUT2D eigenvalue weighted by molar-refractivity contribution is 0.302. The molecule has 1 unspecified atom stereocenters. The van der Waals surface area contributed by atoms with Crippen LogP contribution in [0.15, 0.2) is 12.3 Å². The first-order valence-corrected chi connectivity index (χ1v) is 6.99. The van der Waals surface area contributed by atoms with Crippen LogP contribution in [-0.2, 0) is 6.54 Å². The van der Waals surface area contributed by atoms with E-state index < -0.39 is 0 Å². The summed E-state index contributed by atoms with van der Waals surface area (Å²) in [6.45, 7) is 8.49. The molecule has 0 aliphatic heterocycles. The fourth-order valence-electron chi connectivity index (χ4n) is 1.93. The van der Waals surface area contributed by atoms with Gasteiger partial charge in [-0.1, -0.05) is 13.8 Å². The van der Waals surface area contributed by atoms with E-state index in [1.807, 2.05) is 0 Å². The Morgan fingerprint density at radius 3 is 2.56 bits per heavy atom. The highest BCUT2D eigenvalue weighted by molar-refractivity contribution is 4.99. The summed E-state index contributed by atoms with van der Waals surface area (Å²) >= 11 is 0. The smallest absolute Gasteiger partial charge is 0.0762 e. The van der Waals surface area contributed by atoms with Gasteiger partial charge in [-0.15, -0.1) is 0 Å². The summed E-state index contributed by atoms with van der Waals surface area (Å²) in [5.41, 5.74) is 1.13.